The number of hydrogen-bond acceptors (Lipinski definition) is 3. The summed E-state index contributed by atoms with van der Waals surface area (Å²) in [5, 5.41) is 12.1. The van der Waals surface area contributed by atoms with Crippen LogP contribution in [0.4, 0.5) is 0 Å². The Balaban J connectivity index is 1.64. The van der Waals surface area contributed by atoms with Crippen LogP contribution in [-0.2, 0) is 11.2 Å². The molecule has 5 rings (SSSR count). The molecule has 2 heterocycles. The molecule has 3 N–H and O–H groups in total. The standard InChI is InChI=1S/C24H33N3O2/c1-14(2)27-12-15-10-20-17(16-6-4-8-19(27)22(15)16)11-24(23(25)29,13-26(20)3)18-7-5-9-21(18)28/h4,6,8,12,14,17-18,20-21,28H,5,7,9-11,13H2,1-3H3,(H2,25,29)/t17-,18-,20-,21-,24?/m1/s1. The molecule has 2 aromatic rings. The molecule has 156 valence electrons. The summed E-state index contributed by atoms with van der Waals surface area (Å²) in [5.41, 5.74) is 9.51. The number of likely N-dealkylation sites (N-methyl/N-ethyl adjacent to an activating group) is 1. The van der Waals surface area contributed by atoms with Crippen molar-refractivity contribution >= 4 is 16.8 Å². The minimum Gasteiger partial charge on any atom is -0.393 e. The summed E-state index contributed by atoms with van der Waals surface area (Å²) in [6.45, 7) is 5.11. The van der Waals surface area contributed by atoms with Crippen LogP contribution in [0.5, 0.6) is 0 Å². The van der Waals surface area contributed by atoms with E-state index in [1.807, 2.05) is 0 Å². The van der Waals surface area contributed by atoms with Gasteiger partial charge in [-0.05, 0) is 63.8 Å². The second kappa shape index (κ2) is 6.58. The highest BCUT2D eigenvalue weighted by Gasteiger charge is 2.55. The zero-order valence-electron chi connectivity index (χ0n) is 17.8. The number of aromatic nitrogens is 1. The number of hydrogen-bond donors (Lipinski definition) is 2. The maximum Gasteiger partial charge on any atom is 0.225 e. The number of likely N-dealkylation sites (tertiary alicyclic amines) is 1. The van der Waals surface area contributed by atoms with Crippen molar-refractivity contribution in [2.45, 2.75) is 70.1 Å². The molecule has 1 aromatic heterocycles. The third-order valence-electron chi connectivity index (χ3n) is 8.18. The van der Waals surface area contributed by atoms with Crippen molar-refractivity contribution in [1.82, 2.24) is 9.47 Å². The first-order valence-corrected chi connectivity index (χ1v) is 11.1. The molecular formula is C24H33N3O2. The van der Waals surface area contributed by atoms with Gasteiger partial charge >= 0.3 is 0 Å². The van der Waals surface area contributed by atoms with E-state index in [4.69, 9.17) is 5.73 Å². The number of fused-ring (bicyclic) bond motifs is 2. The predicted molar refractivity (Wildman–Crippen MR) is 115 cm³/mol. The molecule has 29 heavy (non-hydrogen) atoms. The van der Waals surface area contributed by atoms with Crippen molar-refractivity contribution in [3.05, 3.63) is 35.5 Å². The second-order valence-electron chi connectivity index (χ2n) is 10.0. The average Bonchev–Trinajstić information content (AvgIpc) is 3.27. The van der Waals surface area contributed by atoms with E-state index in [1.54, 1.807) is 0 Å². The number of aliphatic hydroxyl groups excluding tert-OH is 1. The minimum absolute atomic E-state index is 0.0238. The van der Waals surface area contributed by atoms with Gasteiger partial charge in [-0.1, -0.05) is 18.6 Å². The third kappa shape index (κ3) is 2.63. The van der Waals surface area contributed by atoms with Gasteiger partial charge < -0.3 is 20.3 Å². The number of piperidine rings is 1. The number of amides is 1. The molecule has 1 aliphatic heterocycles. The summed E-state index contributed by atoms with van der Waals surface area (Å²) in [5.74, 6) is 0.0176. The van der Waals surface area contributed by atoms with Crippen LogP contribution in [0, 0.1) is 11.3 Å². The Morgan fingerprint density at radius 1 is 1.31 bits per heavy atom. The number of nitrogens with zero attached hydrogens (tertiary/aromatic N) is 2. The van der Waals surface area contributed by atoms with Gasteiger partial charge in [-0.25, -0.2) is 0 Å². The number of aliphatic hydroxyl groups is 1. The van der Waals surface area contributed by atoms with E-state index in [1.165, 1.54) is 22.0 Å². The second-order valence-corrected chi connectivity index (χ2v) is 10.0. The van der Waals surface area contributed by atoms with E-state index in [9.17, 15) is 9.90 Å². The van der Waals surface area contributed by atoms with E-state index in [0.29, 0.717) is 18.6 Å². The highest BCUT2D eigenvalue weighted by molar-refractivity contribution is 5.90. The summed E-state index contributed by atoms with van der Waals surface area (Å²) < 4.78 is 2.38. The van der Waals surface area contributed by atoms with E-state index in [0.717, 1.165) is 32.1 Å². The van der Waals surface area contributed by atoms with Gasteiger partial charge in [0.05, 0.1) is 11.5 Å². The lowest BCUT2D eigenvalue weighted by Crippen LogP contribution is -2.60. The number of carbonyl (C=O) groups excluding carboxylic acids is 1. The van der Waals surface area contributed by atoms with Crippen molar-refractivity contribution in [3.63, 3.8) is 0 Å². The monoisotopic (exact) mass is 395 g/mol. The van der Waals surface area contributed by atoms with Crippen LogP contribution in [0.1, 0.15) is 62.6 Å². The van der Waals surface area contributed by atoms with Gasteiger partial charge in [-0.2, -0.15) is 0 Å². The van der Waals surface area contributed by atoms with Gasteiger partial charge in [0.15, 0.2) is 0 Å². The van der Waals surface area contributed by atoms with Gasteiger partial charge in [-0.3, -0.25) is 4.79 Å². The van der Waals surface area contributed by atoms with E-state index >= 15 is 0 Å². The highest BCUT2D eigenvalue weighted by Crippen LogP contribution is 2.53. The van der Waals surface area contributed by atoms with Crippen LogP contribution >= 0.6 is 0 Å². The van der Waals surface area contributed by atoms with Crippen LogP contribution in [0.3, 0.4) is 0 Å². The number of rotatable bonds is 3. The molecule has 1 unspecified atom stereocenters. The topological polar surface area (TPSA) is 71.5 Å². The lowest BCUT2D eigenvalue weighted by molar-refractivity contribution is -0.141. The number of primary amides is 1. The molecule has 2 aliphatic carbocycles. The van der Waals surface area contributed by atoms with Gasteiger partial charge in [0.25, 0.3) is 0 Å². The van der Waals surface area contributed by atoms with Crippen molar-refractivity contribution in [3.8, 4) is 0 Å². The average molecular weight is 396 g/mol. The molecule has 0 radical (unpaired) electrons. The largest absolute Gasteiger partial charge is 0.393 e. The fraction of sp³-hybridized carbons (Fsp3) is 0.625. The zero-order chi connectivity index (χ0) is 20.5. The molecule has 3 aliphatic rings. The van der Waals surface area contributed by atoms with Crippen LogP contribution in [-0.4, -0.2) is 46.2 Å². The van der Waals surface area contributed by atoms with Crippen molar-refractivity contribution < 1.29 is 9.90 Å². The van der Waals surface area contributed by atoms with Crippen LogP contribution in [0.15, 0.2) is 24.4 Å². The smallest absolute Gasteiger partial charge is 0.225 e. The summed E-state index contributed by atoms with van der Waals surface area (Å²) in [6.07, 6.45) is 6.35. The van der Waals surface area contributed by atoms with Gasteiger partial charge in [-0.15, -0.1) is 0 Å². The lowest BCUT2D eigenvalue weighted by Gasteiger charge is -2.52. The Labute approximate surface area is 172 Å². The van der Waals surface area contributed by atoms with Crippen molar-refractivity contribution in [2.75, 3.05) is 13.6 Å². The number of benzene rings is 1. The maximum absolute atomic E-state index is 12.9. The Hall–Kier alpha value is -1.85. The first-order valence-electron chi connectivity index (χ1n) is 11.1. The van der Waals surface area contributed by atoms with Crippen molar-refractivity contribution in [2.24, 2.45) is 17.1 Å². The molecule has 0 spiro atoms. The molecule has 1 saturated carbocycles. The van der Waals surface area contributed by atoms with Crippen molar-refractivity contribution in [1.29, 1.82) is 0 Å². The van der Waals surface area contributed by atoms with Gasteiger partial charge in [0, 0.05) is 47.6 Å². The SMILES string of the molecule is CC(C)n1cc2c3c(cccc31)[C@H]1CC(C(N)=O)([C@@H]3CCC[C@H]3O)CN(C)[C@@H]1C2. The van der Waals surface area contributed by atoms with Crippen LogP contribution in [0.25, 0.3) is 10.9 Å². The molecule has 1 aromatic carbocycles. The Morgan fingerprint density at radius 2 is 2.10 bits per heavy atom. The first kappa shape index (κ1) is 19.1. The first-order chi connectivity index (χ1) is 13.8. The zero-order valence-corrected chi connectivity index (χ0v) is 17.8. The molecular weight excluding hydrogens is 362 g/mol. The predicted octanol–water partition coefficient (Wildman–Crippen LogP) is 3.20. The summed E-state index contributed by atoms with van der Waals surface area (Å²) in [4.78, 5) is 15.3. The molecule has 1 saturated heterocycles. The van der Waals surface area contributed by atoms with E-state index in [2.05, 4.69) is 54.8 Å². The Bertz CT molecular complexity index is 964. The molecule has 1 amide bonds. The van der Waals surface area contributed by atoms with Gasteiger partial charge in [0.1, 0.15) is 0 Å². The quantitative estimate of drug-likeness (QED) is 0.838. The summed E-state index contributed by atoms with van der Waals surface area (Å²) in [6, 6.07) is 7.42. The molecule has 5 nitrogen and oxygen atoms in total. The van der Waals surface area contributed by atoms with Crippen LogP contribution in [0.2, 0.25) is 0 Å². The molecule has 5 heteroatoms. The number of carbonyl (C=O) groups is 1. The Morgan fingerprint density at radius 3 is 2.76 bits per heavy atom. The highest BCUT2D eigenvalue weighted by atomic mass is 16.3. The molecule has 0 bridgehead atoms. The van der Waals surface area contributed by atoms with Gasteiger partial charge in [0.2, 0.25) is 5.91 Å². The fourth-order valence-electron chi connectivity index (χ4n) is 6.83. The Kier molecular flexibility index (Phi) is 4.34. The molecule has 5 atom stereocenters. The van der Waals surface area contributed by atoms with E-state index < -0.39 is 11.5 Å². The minimum atomic E-state index is -0.647. The normalized spacial score (nSPS) is 34.7. The molecule has 2 fully saturated rings. The lowest BCUT2D eigenvalue weighted by atomic mass is 9.60. The summed E-state index contributed by atoms with van der Waals surface area (Å²) in [7, 11) is 2.14. The third-order valence-corrected chi connectivity index (χ3v) is 8.18. The van der Waals surface area contributed by atoms with E-state index in [-0.39, 0.29) is 17.7 Å². The fourth-order valence-corrected chi connectivity index (χ4v) is 6.83. The summed E-state index contributed by atoms with van der Waals surface area (Å²) >= 11 is 0. The maximum atomic E-state index is 12.9. The number of nitrogens with two attached hydrogens (primary N) is 1. The van der Waals surface area contributed by atoms with Crippen LogP contribution < -0.4 is 5.73 Å².